The van der Waals surface area contributed by atoms with Crippen molar-refractivity contribution in [1.29, 1.82) is 0 Å². The van der Waals surface area contributed by atoms with E-state index in [1.54, 1.807) is 0 Å². The summed E-state index contributed by atoms with van der Waals surface area (Å²) < 4.78 is 11.3. The van der Waals surface area contributed by atoms with Crippen molar-refractivity contribution in [3.63, 3.8) is 0 Å². The maximum atomic E-state index is 6.01. The number of hydrogen-bond acceptors (Lipinski definition) is 7. The molecule has 130 valence electrons. The summed E-state index contributed by atoms with van der Waals surface area (Å²) in [7, 11) is 0. The van der Waals surface area contributed by atoms with E-state index in [9.17, 15) is 0 Å². The van der Waals surface area contributed by atoms with Crippen LogP contribution in [0.3, 0.4) is 0 Å². The van der Waals surface area contributed by atoms with E-state index >= 15 is 0 Å². The molecule has 0 bridgehead atoms. The van der Waals surface area contributed by atoms with Crippen LogP contribution in [0.1, 0.15) is 23.9 Å². The van der Waals surface area contributed by atoms with E-state index in [0.29, 0.717) is 5.13 Å². The summed E-state index contributed by atoms with van der Waals surface area (Å²) in [6, 6.07) is 6.16. The molecule has 6 nitrogen and oxygen atoms in total. The number of fused-ring (bicyclic) bond motifs is 1. The molecule has 4 rings (SSSR count). The zero-order chi connectivity index (χ0) is 17.6. The fourth-order valence-electron chi connectivity index (χ4n) is 3.17. The van der Waals surface area contributed by atoms with E-state index in [2.05, 4.69) is 28.0 Å². The second-order valence-corrected chi connectivity index (χ2v) is 7.25. The summed E-state index contributed by atoms with van der Waals surface area (Å²) in [4.78, 5) is 6.70. The Hall–Kier alpha value is -2.54. The molecule has 2 N–H and O–H groups in total. The Bertz CT molecular complexity index is 898. The number of hydrogen-bond donors (Lipinski definition) is 1. The molecule has 3 heterocycles. The van der Waals surface area contributed by atoms with Crippen molar-refractivity contribution in [1.82, 2.24) is 10.1 Å². The van der Waals surface area contributed by atoms with Crippen molar-refractivity contribution in [3.05, 3.63) is 40.6 Å². The second-order valence-electron chi connectivity index (χ2n) is 6.37. The Morgan fingerprint density at radius 2 is 2.20 bits per heavy atom. The molecular weight excluding hydrogens is 336 g/mol. The fourth-order valence-corrected chi connectivity index (χ4v) is 3.75. The molecule has 1 unspecified atom stereocenters. The predicted molar refractivity (Wildman–Crippen MR) is 99.1 cm³/mol. The molecule has 7 heteroatoms. The van der Waals surface area contributed by atoms with Gasteiger partial charge in [-0.1, -0.05) is 5.16 Å². The van der Waals surface area contributed by atoms with E-state index in [0.717, 1.165) is 52.8 Å². The Morgan fingerprint density at radius 1 is 1.36 bits per heavy atom. The zero-order valence-electron chi connectivity index (χ0n) is 14.4. The van der Waals surface area contributed by atoms with Gasteiger partial charge in [0.25, 0.3) is 0 Å². The molecule has 25 heavy (non-hydrogen) atoms. The fraction of sp³-hybridized carbons (Fsp3) is 0.333. The van der Waals surface area contributed by atoms with Crippen LogP contribution in [0.2, 0.25) is 0 Å². The first-order valence-corrected chi connectivity index (χ1v) is 9.08. The molecule has 0 spiro atoms. The van der Waals surface area contributed by atoms with Gasteiger partial charge in [-0.3, -0.25) is 0 Å². The smallest absolute Gasteiger partial charge is 0.180 e. The summed E-state index contributed by atoms with van der Waals surface area (Å²) in [5, 5.41) is 6.62. The lowest BCUT2D eigenvalue weighted by Gasteiger charge is -2.35. The molecule has 1 aromatic carbocycles. The Balaban J connectivity index is 1.73. The third-order valence-electron chi connectivity index (χ3n) is 4.45. The summed E-state index contributed by atoms with van der Waals surface area (Å²) in [6.07, 6.45) is 0.119. The van der Waals surface area contributed by atoms with Crippen molar-refractivity contribution in [2.24, 2.45) is 0 Å². The highest BCUT2D eigenvalue weighted by molar-refractivity contribution is 7.13. The number of nitrogen functional groups attached to an aromatic ring is 1. The lowest BCUT2D eigenvalue weighted by atomic mass is 10.1. The third-order valence-corrected chi connectivity index (χ3v) is 5.13. The highest BCUT2D eigenvalue weighted by Gasteiger charge is 2.25. The van der Waals surface area contributed by atoms with E-state index in [1.165, 1.54) is 11.3 Å². The molecule has 1 aliphatic heterocycles. The maximum absolute atomic E-state index is 6.01. The minimum Gasteiger partial charge on any atom is -0.487 e. The van der Waals surface area contributed by atoms with Crippen LogP contribution in [-0.2, 0) is 6.54 Å². The van der Waals surface area contributed by atoms with Crippen LogP contribution in [-0.4, -0.2) is 22.8 Å². The van der Waals surface area contributed by atoms with Crippen molar-refractivity contribution >= 4 is 22.2 Å². The number of ether oxygens (including phenoxy) is 1. The van der Waals surface area contributed by atoms with E-state index in [-0.39, 0.29) is 6.10 Å². The summed E-state index contributed by atoms with van der Waals surface area (Å²) in [6.45, 7) is 7.56. The molecule has 0 aliphatic carbocycles. The van der Waals surface area contributed by atoms with Crippen molar-refractivity contribution in [3.8, 4) is 17.0 Å². The van der Waals surface area contributed by atoms with Crippen LogP contribution < -0.4 is 15.4 Å². The molecule has 0 saturated heterocycles. The predicted octanol–water partition coefficient (Wildman–Crippen LogP) is 3.78. The molecule has 1 atom stereocenters. The average molecular weight is 356 g/mol. The number of rotatable bonds is 3. The molecule has 0 saturated carbocycles. The van der Waals surface area contributed by atoms with Gasteiger partial charge in [0.15, 0.2) is 5.13 Å². The molecule has 2 aromatic heterocycles. The second kappa shape index (κ2) is 6.07. The van der Waals surface area contributed by atoms with Crippen LogP contribution in [0.15, 0.2) is 28.1 Å². The number of nitrogens with two attached hydrogens (primary N) is 1. The minimum atomic E-state index is 0.119. The Kier molecular flexibility index (Phi) is 3.88. The standard InChI is InChI=1S/C18H20N4O2S/c1-10-7-22(8-14-11(2)21-24-12(14)3)16-6-13(4-5-17(16)23-10)15-9-25-18(19)20-15/h4-6,9-10H,7-8H2,1-3H3,(H2,19,20). The number of anilines is 2. The number of nitrogens with zero attached hydrogens (tertiary/aromatic N) is 3. The lowest BCUT2D eigenvalue weighted by molar-refractivity contribution is 0.212. The highest BCUT2D eigenvalue weighted by atomic mass is 32.1. The first-order chi connectivity index (χ1) is 12.0. The van der Waals surface area contributed by atoms with Gasteiger partial charge in [-0.25, -0.2) is 4.98 Å². The summed E-state index contributed by atoms with van der Waals surface area (Å²) in [5.41, 5.74) is 10.8. The normalized spacial score (nSPS) is 16.6. The van der Waals surface area contributed by atoms with E-state index < -0.39 is 0 Å². The van der Waals surface area contributed by atoms with Crippen molar-refractivity contribution < 1.29 is 9.26 Å². The highest BCUT2D eigenvalue weighted by Crippen LogP contribution is 2.38. The maximum Gasteiger partial charge on any atom is 0.180 e. The van der Waals surface area contributed by atoms with Gasteiger partial charge in [-0.2, -0.15) is 0 Å². The summed E-state index contributed by atoms with van der Waals surface area (Å²) >= 11 is 1.45. The molecule has 0 radical (unpaired) electrons. The Labute approximate surface area is 150 Å². The van der Waals surface area contributed by atoms with Crippen molar-refractivity contribution in [2.45, 2.75) is 33.4 Å². The van der Waals surface area contributed by atoms with Gasteiger partial charge in [0, 0.05) is 23.1 Å². The average Bonchev–Trinajstić information content (AvgIpc) is 3.15. The van der Waals surface area contributed by atoms with Crippen molar-refractivity contribution in [2.75, 3.05) is 17.2 Å². The summed E-state index contributed by atoms with van der Waals surface area (Å²) in [5.74, 6) is 1.75. The van der Waals surface area contributed by atoms with Gasteiger partial charge < -0.3 is 19.9 Å². The minimum absolute atomic E-state index is 0.119. The van der Waals surface area contributed by atoms with E-state index in [1.807, 2.05) is 31.4 Å². The first kappa shape index (κ1) is 16.0. The van der Waals surface area contributed by atoms with Gasteiger partial charge in [0.05, 0.1) is 23.6 Å². The SMILES string of the molecule is Cc1noc(C)c1CN1CC(C)Oc2ccc(-c3csc(N)n3)cc21. The molecule has 1 aliphatic rings. The quantitative estimate of drug-likeness (QED) is 0.769. The topological polar surface area (TPSA) is 77.4 Å². The number of thiazole rings is 1. The number of aromatic nitrogens is 2. The van der Waals surface area contributed by atoms with Gasteiger partial charge in [-0.05, 0) is 39.0 Å². The van der Waals surface area contributed by atoms with Crippen LogP contribution in [0.5, 0.6) is 5.75 Å². The largest absolute Gasteiger partial charge is 0.487 e. The number of benzene rings is 1. The van der Waals surface area contributed by atoms with Crippen LogP contribution in [0, 0.1) is 13.8 Å². The molecule has 3 aromatic rings. The Morgan fingerprint density at radius 3 is 2.88 bits per heavy atom. The third kappa shape index (κ3) is 2.95. The van der Waals surface area contributed by atoms with Gasteiger partial charge in [0.1, 0.15) is 17.6 Å². The van der Waals surface area contributed by atoms with E-state index in [4.69, 9.17) is 15.0 Å². The van der Waals surface area contributed by atoms with Crippen LogP contribution in [0.25, 0.3) is 11.3 Å². The van der Waals surface area contributed by atoms with Crippen LogP contribution in [0.4, 0.5) is 10.8 Å². The number of aryl methyl sites for hydroxylation is 2. The molecule has 0 fully saturated rings. The first-order valence-electron chi connectivity index (χ1n) is 8.20. The van der Waals surface area contributed by atoms with Gasteiger partial charge in [0.2, 0.25) is 0 Å². The monoisotopic (exact) mass is 356 g/mol. The molecular formula is C18H20N4O2S. The lowest BCUT2D eigenvalue weighted by Crippen LogP contribution is -2.38. The molecule has 0 amide bonds. The van der Waals surface area contributed by atoms with Gasteiger partial charge in [-0.15, -0.1) is 11.3 Å². The van der Waals surface area contributed by atoms with Gasteiger partial charge >= 0.3 is 0 Å². The van der Waals surface area contributed by atoms with Crippen LogP contribution >= 0.6 is 11.3 Å². The zero-order valence-corrected chi connectivity index (χ0v) is 15.3.